The molecule has 0 aliphatic heterocycles. The van der Waals surface area contributed by atoms with Gasteiger partial charge < -0.3 is 10.1 Å². The second-order valence-corrected chi connectivity index (χ2v) is 8.36. The third-order valence-corrected chi connectivity index (χ3v) is 5.64. The Hall–Kier alpha value is -3.03. The summed E-state index contributed by atoms with van der Waals surface area (Å²) >= 11 is 5.94. The van der Waals surface area contributed by atoms with E-state index in [-0.39, 0.29) is 17.4 Å². The van der Waals surface area contributed by atoms with Gasteiger partial charge in [0.15, 0.2) is 6.61 Å². The Morgan fingerprint density at radius 3 is 2.38 bits per heavy atom. The molecule has 0 bridgehead atoms. The number of carbonyl (C=O) groups excluding carboxylic acids is 1. The maximum absolute atomic E-state index is 12.4. The third-order valence-electron chi connectivity index (χ3n) is 4.00. The van der Waals surface area contributed by atoms with E-state index in [9.17, 15) is 13.2 Å². The number of hydrogen-bond acceptors (Lipinski definition) is 4. The molecule has 0 heterocycles. The second-order valence-electron chi connectivity index (χ2n) is 6.24. The number of ether oxygens (including phenoxy) is 1. The van der Waals surface area contributed by atoms with Gasteiger partial charge in [0.05, 0.1) is 4.90 Å². The van der Waals surface area contributed by atoms with Gasteiger partial charge in [-0.2, -0.15) is 0 Å². The van der Waals surface area contributed by atoms with Crippen molar-refractivity contribution in [3.8, 4) is 5.75 Å². The molecule has 0 aliphatic carbocycles. The minimum absolute atomic E-state index is 0.0905. The standard InChI is InChI=1S/C21H19ClN2O4S/c1-15-7-8-16(22)13-20(15)23-21(25)14-28-18-9-11-19(12-10-18)29(26,27)24-17-5-3-2-4-6-17/h2-13,24H,14H2,1H3,(H,23,25). The molecule has 1 amide bonds. The SMILES string of the molecule is Cc1ccc(Cl)cc1NC(=O)COc1ccc(S(=O)(=O)Nc2ccccc2)cc1. The Bertz CT molecular complexity index is 1100. The smallest absolute Gasteiger partial charge is 0.262 e. The van der Waals surface area contributed by atoms with E-state index in [0.717, 1.165) is 5.56 Å². The lowest BCUT2D eigenvalue weighted by Crippen LogP contribution is -2.20. The number of aryl methyl sites for hydroxylation is 1. The lowest BCUT2D eigenvalue weighted by atomic mass is 10.2. The zero-order valence-corrected chi connectivity index (χ0v) is 17.1. The van der Waals surface area contributed by atoms with Crippen LogP contribution in [0.2, 0.25) is 5.02 Å². The summed E-state index contributed by atoms with van der Waals surface area (Å²) in [4.78, 5) is 12.2. The highest BCUT2D eigenvalue weighted by atomic mass is 35.5. The molecule has 0 aromatic heterocycles. The van der Waals surface area contributed by atoms with Crippen molar-refractivity contribution in [2.75, 3.05) is 16.6 Å². The summed E-state index contributed by atoms with van der Waals surface area (Å²) < 4.78 is 32.8. The first-order chi connectivity index (χ1) is 13.8. The first-order valence-corrected chi connectivity index (χ1v) is 10.6. The van der Waals surface area contributed by atoms with Gasteiger partial charge in [0.1, 0.15) is 5.75 Å². The van der Waals surface area contributed by atoms with Gasteiger partial charge >= 0.3 is 0 Å². The molecule has 0 unspecified atom stereocenters. The molecule has 150 valence electrons. The van der Waals surface area contributed by atoms with E-state index in [2.05, 4.69) is 10.0 Å². The molecule has 8 heteroatoms. The number of anilines is 2. The van der Waals surface area contributed by atoms with Gasteiger partial charge in [-0.1, -0.05) is 35.9 Å². The van der Waals surface area contributed by atoms with Crippen LogP contribution < -0.4 is 14.8 Å². The maximum Gasteiger partial charge on any atom is 0.262 e. The largest absolute Gasteiger partial charge is 0.484 e. The molecular formula is C21H19ClN2O4S. The second kappa shape index (κ2) is 8.98. The molecule has 0 saturated carbocycles. The van der Waals surface area contributed by atoms with E-state index in [1.165, 1.54) is 24.3 Å². The molecule has 2 N–H and O–H groups in total. The quantitative estimate of drug-likeness (QED) is 0.579. The molecule has 3 aromatic carbocycles. The molecule has 3 rings (SSSR count). The summed E-state index contributed by atoms with van der Waals surface area (Å²) in [6.45, 7) is 1.63. The maximum atomic E-state index is 12.4. The molecule has 0 radical (unpaired) electrons. The van der Waals surface area contributed by atoms with Crippen LogP contribution in [0.5, 0.6) is 5.75 Å². The van der Waals surface area contributed by atoms with Crippen LogP contribution in [0.3, 0.4) is 0 Å². The van der Waals surface area contributed by atoms with Gasteiger partial charge in [-0.25, -0.2) is 8.42 Å². The van der Waals surface area contributed by atoms with Crippen LogP contribution in [0.25, 0.3) is 0 Å². The fourth-order valence-electron chi connectivity index (χ4n) is 2.50. The van der Waals surface area contributed by atoms with E-state index in [1.54, 1.807) is 48.5 Å². The van der Waals surface area contributed by atoms with E-state index < -0.39 is 10.0 Å². The predicted octanol–water partition coefficient (Wildman–Crippen LogP) is 4.47. The number of para-hydroxylation sites is 1. The molecule has 6 nitrogen and oxygen atoms in total. The lowest BCUT2D eigenvalue weighted by Gasteiger charge is -2.11. The van der Waals surface area contributed by atoms with E-state index in [4.69, 9.17) is 16.3 Å². The van der Waals surface area contributed by atoms with Gasteiger partial charge in [-0.05, 0) is 61.0 Å². The molecule has 29 heavy (non-hydrogen) atoms. The van der Waals surface area contributed by atoms with Crippen molar-refractivity contribution in [3.63, 3.8) is 0 Å². The minimum atomic E-state index is -3.71. The average Bonchev–Trinajstić information content (AvgIpc) is 2.70. The number of benzene rings is 3. The Kier molecular flexibility index (Phi) is 6.41. The van der Waals surface area contributed by atoms with Crippen LogP contribution in [0, 0.1) is 6.92 Å². The lowest BCUT2D eigenvalue weighted by molar-refractivity contribution is -0.118. The highest BCUT2D eigenvalue weighted by molar-refractivity contribution is 7.92. The molecule has 0 atom stereocenters. The van der Waals surface area contributed by atoms with E-state index in [0.29, 0.717) is 22.1 Å². The number of hydrogen-bond donors (Lipinski definition) is 2. The Balaban J connectivity index is 1.59. The van der Waals surface area contributed by atoms with Crippen LogP contribution in [0.1, 0.15) is 5.56 Å². The Morgan fingerprint density at radius 1 is 1.00 bits per heavy atom. The molecule has 0 saturated heterocycles. The Labute approximate surface area is 174 Å². The van der Waals surface area contributed by atoms with Crippen molar-refractivity contribution in [2.24, 2.45) is 0 Å². The number of rotatable bonds is 7. The molecule has 0 spiro atoms. The summed E-state index contributed by atoms with van der Waals surface area (Å²) in [5.74, 6) is 0.0273. The van der Waals surface area contributed by atoms with Crippen molar-refractivity contribution in [1.29, 1.82) is 0 Å². The van der Waals surface area contributed by atoms with Crippen LogP contribution in [0.15, 0.2) is 77.7 Å². The topological polar surface area (TPSA) is 84.5 Å². The monoisotopic (exact) mass is 430 g/mol. The van der Waals surface area contributed by atoms with Gasteiger partial charge in [-0.3, -0.25) is 9.52 Å². The van der Waals surface area contributed by atoms with Crippen molar-refractivity contribution in [2.45, 2.75) is 11.8 Å². The average molecular weight is 431 g/mol. The number of carbonyl (C=O) groups is 1. The van der Waals surface area contributed by atoms with Gasteiger partial charge in [0.25, 0.3) is 15.9 Å². The highest BCUT2D eigenvalue weighted by Crippen LogP contribution is 2.21. The zero-order valence-electron chi connectivity index (χ0n) is 15.6. The van der Waals surface area contributed by atoms with Gasteiger partial charge in [0, 0.05) is 16.4 Å². The van der Waals surface area contributed by atoms with Crippen LogP contribution in [-0.2, 0) is 14.8 Å². The zero-order chi connectivity index (χ0) is 20.9. The van der Waals surface area contributed by atoms with Crippen molar-refractivity contribution in [3.05, 3.63) is 83.4 Å². The van der Waals surface area contributed by atoms with Crippen LogP contribution >= 0.6 is 11.6 Å². The van der Waals surface area contributed by atoms with Crippen LogP contribution in [0.4, 0.5) is 11.4 Å². The summed E-state index contributed by atoms with van der Waals surface area (Å²) in [6.07, 6.45) is 0. The normalized spacial score (nSPS) is 11.0. The summed E-state index contributed by atoms with van der Waals surface area (Å²) in [5.41, 5.74) is 1.96. The molecule has 0 aliphatic rings. The third kappa shape index (κ3) is 5.73. The molecule has 3 aromatic rings. The first-order valence-electron chi connectivity index (χ1n) is 8.70. The highest BCUT2D eigenvalue weighted by Gasteiger charge is 2.14. The Morgan fingerprint density at radius 2 is 1.69 bits per heavy atom. The molecule has 0 fully saturated rings. The van der Waals surface area contributed by atoms with E-state index in [1.807, 2.05) is 6.92 Å². The fourth-order valence-corrected chi connectivity index (χ4v) is 3.73. The minimum Gasteiger partial charge on any atom is -0.484 e. The first kappa shape index (κ1) is 20.7. The number of amides is 1. The number of sulfonamides is 1. The van der Waals surface area contributed by atoms with E-state index >= 15 is 0 Å². The fraction of sp³-hybridized carbons (Fsp3) is 0.0952. The van der Waals surface area contributed by atoms with Crippen molar-refractivity contribution < 1.29 is 17.9 Å². The summed E-state index contributed by atoms with van der Waals surface area (Å²) in [7, 11) is -3.71. The van der Waals surface area contributed by atoms with Crippen LogP contribution in [-0.4, -0.2) is 20.9 Å². The number of halogens is 1. The van der Waals surface area contributed by atoms with Crippen molar-refractivity contribution >= 4 is 38.9 Å². The predicted molar refractivity (Wildman–Crippen MR) is 114 cm³/mol. The number of nitrogens with one attached hydrogen (secondary N) is 2. The molecular weight excluding hydrogens is 412 g/mol. The van der Waals surface area contributed by atoms with Gasteiger partial charge in [-0.15, -0.1) is 0 Å². The van der Waals surface area contributed by atoms with Gasteiger partial charge in [0.2, 0.25) is 0 Å². The van der Waals surface area contributed by atoms with Crippen molar-refractivity contribution in [1.82, 2.24) is 0 Å². The summed E-state index contributed by atoms with van der Waals surface area (Å²) in [5, 5.41) is 3.25. The summed E-state index contributed by atoms with van der Waals surface area (Å²) in [6, 6.07) is 19.6.